The van der Waals surface area contributed by atoms with E-state index in [0.29, 0.717) is 18.0 Å². The van der Waals surface area contributed by atoms with Gasteiger partial charge in [0.2, 0.25) is 12.7 Å². The Kier molecular flexibility index (Phi) is 6.18. The fourth-order valence-electron chi connectivity index (χ4n) is 1.86. The monoisotopic (exact) mass is 334 g/mol. The van der Waals surface area contributed by atoms with Crippen molar-refractivity contribution in [2.24, 2.45) is 0 Å². The molecule has 1 aliphatic rings. The Balaban J connectivity index is 1.73. The molecule has 0 saturated heterocycles. The minimum Gasteiger partial charge on any atom is -0.454 e. The molecule has 1 aliphatic heterocycles. The molecule has 0 atom stereocenters. The minimum atomic E-state index is -0.666. The molecule has 0 saturated carbocycles. The maximum Gasteiger partial charge on any atom is 0.331 e. The fourth-order valence-corrected chi connectivity index (χ4v) is 1.86. The average molecular weight is 334 g/mol. The summed E-state index contributed by atoms with van der Waals surface area (Å²) in [6.45, 7) is 1.82. The van der Waals surface area contributed by atoms with E-state index in [9.17, 15) is 14.4 Å². The maximum absolute atomic E-state index is 11.6. The molecule has 2 rings (SSSR count). The quantitative estimate of drug-likeness (QED) is 0.546. The molecule has 24 heavy (non-hydrogen) atoms. The van der Waals surface area contributed by atoms with Crippen molar-refractivity contribution < 1.29 is 28.6 Å². The Morgan fingerprint density at radius 3 is 2.75 bits per heavy atom. The van der Waals surface area contributed by atoms with Crippen LogP contribution in [0.1, 0.15) is 12.5 Å². The third-order valence-electron chi connectivity index (χ3n) is 2.97. The number of carbonyl (C=O) groups is 3. The van der Waals surface area contributed by atoms with Crippen molar-refractivity contribution in [2.75, 3.05) is 26.5 Å². The molecule has 0 fully saturated rings. The molecule has 2 N–H and O–H groups in total. The highest BCUT2D eigenvalue weighted by atomic mass is 16.7. The van der Waals surface area contributed by atoms with Gasteiger partial charge in [0.05, 0.1) is 6.54 Å². The summed E-state index contributed by atoms with van der Waals surface area (Å²) in [6.07, 6.45) is 2.74. The van der Waals surface area contributed by atoms with Gasteiger partial charge in [-0.25, -0.2) is 4.79 Å². The number of amides is 2. The van der Waals surface area contributed by atoms with Gasteiger partial charge in [0.15, 0.2) is 18.1 Å². The Morgan fingerprint density at radius 2 is 1.96 bits per heavy atom. The molecule has 8 nitrogen and oxygen atoms in total. The fraction of sp³-hybridized carbons (Fsp3) is 0.312. The van der Waals surface area contributed by atoms with E-state index in [1.165, 1.54) is 12.2 Å². The first-order valence-electron chi connectivity index (χ1n) is 7.36. The van der Waals surface area contributed by atoms with E-state index < -0.39 is 18.5 Å². The number of nitrogens with one attached hydrogen (secondary N) is 2. The molecule has 128 valence electrons. The van der Waals surface area contributed by atoms with Crippen molar-refractivity contribution in [3.8, 4) is 11.5 Å². The lowest BCUT2D eigenvalue weighted by Gasteiger charge is -2.05. The third-order valence-corrected chi connectivity index (χ3v) is 2.97. The first-order valence-corrected chi connectivity index (χ1v) is 7.36. The van der Waals surface area contributed by atoms with E-state index in [1.807, 2.05) is 0 Å². The van der Waals surface area contributed by atoms with Crippen LogP contribution in [-0.4, -0.2) is 44.3 Å². The Bertz CT molecular complexity index is 656. The molecule has 1 aromatic rings. The van der Waals surface area contributed by atoms with Crippen LogP contribution in [-0.2, 0) is 19.1 Å². The van der Waals surface area contributed by atoms with Gasteiger partial charge in [-0.3, -0.25) is 9.59 Å². The number of rotatable bonds is 7. The Morgan fingerprint density at radius 1 is 1.17 bits per heavy atom. The first-order chi connectivity index (χ1) is 11.6. The molecule has 8 heteroatoms. The van der Waals surface area contributed by atoms with Crippen molar-refractivity contribution in [3.63, 3.8) is 0 Å². The second kappa shape index (κ2) is 8.56. The number of esters is 1. The zero-order valence-corrected chi connectivity index (χ0v) is 13.2. The number of ether oxygens (including phenoxy) is 3. The van der Waals surface area contributed by atoms with Gasteiger partial charge in [0, 0.05) is 12.6 Å². The van der Waals surface area contributed by atoms with Gasteiger partial charge in [-0.15, -0.1) is 0 Å². The smallest absolute Gasteiger partial charge is 0.331 e. The van der Waals surface area contributed by atoms with Gasteiger partial charge in [-0.1, -0.05) is 6.07 Å². The first kappa shape index (κ1) is 17.3. The number of hydrogen-bond donors (Lipinski definition) is 2. The van der Waals surface area contributed by atoms with Crippen LogP contribution in [0, 0.1) is 0 Å². The highest BCUT2D eigenvalue weighted by Crippen LogP contribution is 2.32. The summed E-state index contributed by atoms with van der Waals surface area (Å²) in [7, 11) is 0. The standard InChI is InChI=1S/C16H18N2O6/c1-2-17-14(19)8-18-15(20)9-22-16(21)6-4-11-3-5-12-13(7-11)24-10-23-12/h3-7H,2,8-10H2,1H3,(H,17,19)(H,18,20)/b6-4+. The van der Waals surface area contributed by atoms with E-state index in [2.05, 4.69) is 10.6 Å². The van der Waals surface area contributed by atoms with Crippen molar-refractivity contribution in [3.05, 3.63) is 29.8 Å². The van der Waals surface area contributed by atoms with E-state index in [1.54, 1.807) is 25.1 Å². The predicted octanol–water partition coefficient (Wildman–Crippen LogP) is 0.224. The van der Waals surface area contributed by atoms with E-state index in [0.717, 1.165) is 5.56 Å². The number of carbonyl (C=O) groups excluding carboxylic acids is 3. The summed E-state index contributed by atoms with van der Waals surface area (Å²) in [4.78, 5) is 34.2. The van der Waals surface area contributed by atoms with Crippen LogP contribution in [0.5, 0.6) is 11.5 Å². The summed E-state index contributed by atoms with van der Waals surface area (Å²) in [5.74, 6) is -0.263. The lowest BCUT2D eigenvalue weighted by molar-refractivity contribution is -0.143. The number of benzene rings is 1. The zero-order valence-electron chi connectivity index (χ0n) is 13.2. The van der Waals surface area contributed by atoms with Gasteiger partial charge >= 0.3 is 5.97 Å². The van der Waals surface area contributed by atoms with Crippen molar-refractivity contribution in [2.45, 2.75) is 6.92 Å². The molecule has 2 amide bonds. The predicted molar refractivity (Wildman–Crippen MR) is 84.3 cm³/mol. The van der Waals surface area contributed by atoms with Crippen LogP contribution in [0.2, 0.25) is 0 Å². The number of likely N-dealkylation sites (N-methyl/N-ethyl adjacent to an activating group) is 1. The minimum absolute atomic E-state index is 0.155. The van der Waals surface area contributed by atoms with Crippen LogP contribution < -0.4 is 20.1 Å². The molecular formula is C16H18N2O6. The Hall–Kier alpha value is -3.03. The number of fused-ring (bicyclic) bond motifs is 1. The second-order valence-corrected chi connectivity index (χ2v) is 4.78. The lowest BCUT2D eigenvalue weighted by atomic mass is 10.2. The summed E-state index contributed by atoms with van der Waals surface area (Å²) in [5, 5.41) is 4.87. The number of hydrogen-bond acceptors (Lipinski definition) is 6. The average Bonchev–Trinajstić information content (AvgIpc) is 3.04. The molecule has 1 aromatic carbocycles. The van der Waals surface area contributed by atoms with Gasteiger partial charge < -0.3 is 24.8 Å². The summed E-state index contributed by atoms with van der Waals surface area (Å²) in [6, 6.07) is 5.23. The molecule has 0 bridgehead atoms. The normalized spacial score (nSPS) is 12.0. The molecule has 0 aromatic heterocycles. The van der Waals surface area contributed by atoms with Crippen LogP contribution in [0.3, 0.4) is 0 Å². The van der Waals surface area contributed by atoms with E-state index in [-0.39, 0.29) is 19.2 Å². The van der Waals surface area contributed by atoms with E-state index >= 15 is 0 Å². The molecule has 0 spiro atoms. The molecule has 0 aliphatic carbocycles. The molecule has 0 radical (unpaired) electrons. The van der Waals surface area contributed by atoms with Crippen LogP contribution in [0.25, 0.3) is 6.08 Å². The summed E-state index contributed by atoms with van der Waals surface area (Å²) in [5.41, 5.74) is 0.733. The van der Waals surface area contributed by atoms with Gasteiger partial charge in [-0.05, 0) is 30.7 Å². The van der Waals surface area contributed by atoms with Crippen molar-refractivity contribution in [1.82, 2.24) is 10.6 Å². The largest absolute Gasteiger partial charge is 0.454 e. The maximum atomic E-state index is 11.6. The second-order valence-electron chi connectivity index (χ2n) is 4.78. The van der Waals surface area contributed by atoms with Gasteiger partial charge in [0.1, 0.15) is 0 Å². The van der Waals surface area contributed by atoms with Crippen molar-refractivity contribution >= 4 is 23.9 Å². The molecule has 0 unspecified atom stereocenters. The summed E-state index contributed by atoms with van der Waals surface area (Å²) < 4.78 is 15.2. The molecule has 1 heterocycles. The highest BCUT2D eigenvalue weighted by molar-refractivity contribution is 5.90. The topological polar surface area (TPSA) is 103 Å². The van der Waals surface area contributed by atoms with Crippen LogP contribution >= 0.6 is 0 Å². The van der Waals surface area contributed by atoms with Gasteiger partial charge in [-0.2, -0.15) is 0 Å². The SMILES string of the molecule is CCNC(=O)CNC(=O)COC(=O)/C=C/c1ccc2c(c1)OCO2. The Labute approximate surface area is 138 Å². The van der Waals surface area contributed by atoms with Crippen LogP contribution in [0.15, 0.2) is 24.3 Å². The zero-order chi connectivity index (χ0) is 17.4. The summed E-state index contributed by atoms with van der Waals surface area (Å²) >= 11 is 0. The lowest BCUT2D eigenvalue weighted by Crippen LogP contribution is -2.38. The molecular weight excluding hydrogens is 316 g/mol. The van der Waals surface area contributed by atoms with Crippen LogP contribution in [0.4, 0.5) is 0 Å². The van der Waals surface area contributed by atoms with Gasteiger partial charge in [0.25, 0.3) is 5.91 Å². The highest BCUT2D eigenvalue weighted by Gasteiger charge is 2.12. The van der Waals surface area contributed by atoms with E-state index in [4.69, 9.17) is 14.2 Å². The van der Waals surface area contributed by atoms with Crippen molar-refractivity contribution in [1.29, 1.82) is 0 Å². The third kappa shape index (κ3) is 5.31.